The lowest BCUT2D eigenvalue weighted by molar-refractivity contribution is 0.371. The van der Waals surface area contributed by atoms with Crippen LogP contribution in [0.4, 0.5) is 5.69 Å². The first-order valence-corrected chi connectivity index (χ1v) is 7.21. The van der Waals surface area contributed by atoms with Gasteiger partial charge in [0.2, 0.25) is 0 Å². The molecule has 6 heteroatoms. The van der Waals surface area contributed by atoms with E-state index in [4.69, 9.17) is 21.6 Å². The SMILES string of the molecule is COc1cc(CNc2ccc(Cl)c(C#N)c2)cc(Br)c1O. The monoisotopic (exact) mass is 366 g/mol. The Labute approximate surface area is 136 Å². The zero-order chi connectivity index (χ0) is 15.4. The van der Waals surface area contributed by atoms with E-state index >= 15 is 0 Å². The molecule has 0 radical (unpaired) electrons. The number of halogens is 2. The Morgan fingerprint density at radius 2 is 2.14 bits per heavy atom. The Hall–Kier alpha value is -1.90. The highest BCUT2D eigenvalue weighted by molar-refractivity contribution is 9.10. The minimum absolute atomic E-state index is 0.0690. The number of rotatable bonds is 4. The predicted molar refractivity (Wildman–Crippen MR) is 85.9 cm³/mol. The summed E-state index contributed by atoms with van der Waals surface area (Å²) in [6.45, 7) is 0.516. The van der Waals surface area contributed by atoms with Crippen molar-refractivity contribution in [2.45, 2.75) is 6.54 Å². The van der Waals surface area contributed by atoms with E-state index in [9.17, 15) is 5.11 Å². The van der Waals surface area contributed by atoms with Gasteiger partial charge in [-0.15, -0.1) is 0 Å². The molecule has 0 bridgehead atoms. The smallest absolute Gasteiger partial charge is 0.172 e. The summed E-state index contributed by atoms with van der Waals surface area (Å²) in [5, 5.41) is 22.3. The molecule has 0 saturated carbocycles. The lowest BCUT2D eigenvalue weighted by Gasteiger charge is -2.11. The predicted octanol–water partition coefficient (Wildman–Crippen LogP) is 4.30. The molecule has 2 rings (SSSR count). The maximum absolute atomic E-state index is 9.76. The van der Waals surface area contributed by atoms with Gasteiger partial charge in [-0.2, -0.15) is 5.26 Å². The fourth-order valence-corrected chi connectivity index (χ4v) is 2.46. The molecular formula is C15H12BrClN2O2. The Bertz CT molecular complexity index is 714. The molecule has 0 spiro atoms. The van der Waals surface area contributed by atoms with Crippen LogP contribution in [0.5, 0.6) is 11.5 Å². The average molecular weight is 368 g/mol. The van der Waals surface area contributed by atoms with E-state index < -0.39 is 0 Å². The number of methoxy groups -OCH3 is 1. The molecule has 0 amide bonds. The quantitative estimate of drug-likeness (QED) is 0.845. The van der Waals surface area contributed by atoms with Gasteiger partial charge in [0.1, 0.15) is 6.07 Å². The molecule has 4 nitrogen and oxygen atoms in total. The van der Waals surface area contributed by atoms with Gasteiger partial charge in [-0.25, -0.2) is 0 Å². The molecule has 0 heterocycles. The summed E-state index contributed by atoms with van der Waals surface area (Å²) in [7, 11) is 1.50. The van der Waals surface area contributed by atoms with Crippen molar-refractivity contribution in [3.8, 4) is 17.6 Å². The lowest BCUT2D eigenvalue weighted by atomic mass is 10.1. The molecule has 0 aliphatic carbocycles. The molecular weight excluding hydrogens is 356 g/mol. The second-order valence-electron chi connectivity index (χ2n) is 4.29. The molecule has 0 fully saturated rings. The van der Waals surface area contributed by atoms with Crippen molar-refractivity contribution in [3.05, 3.63) is 51.0 Å². The summed E-state index contributed by atoms with van der Waals surface area (Å²) in [5.41, 5.74) is 2.13. The number of phenols is 1. The highest BCUT2D eigenvalue weighted by atomic mass is 79.9. The molecule has 0 atom stereocenters. The van der Waals surface area contributed by atoms with Crippen molar-refractivity contribution in [3.63, 3.8) is 0 Å². The summed E-state index contributed by atoms with van der Waals surface area (Å²) < 4.78 is 5.66. The number of nitrogens with one attached hydrogen (secondary N) is 1. The van der Waals surface area contributed by atoms with Crippen LogP contribution < -0.4 is 10.1 Å². The van der Waals surface area contributed by atoms with Crippen molar-refractivity contribution < 1.29 is 9.84 Å². The lowest BCUT2D eigenvalue weighted by Crippen LogP contribution is -2.00. The summed E-state index contributed by atoms with van der Waals surface area (Å²) in [4.78, 5) is 0. The number of phenolic OH excluding ortho intramolecular Hbond substituents is 1. The molecule has 0 saturated heterocycles. The maximum Gasteiger partial charge on any atom is 0.172 e. The van der Waals surface area contributed by atoms with Crippen LogP contribution in [-0.2, 0) is 6.54 Å². The van der Waals surface area contributed by atoms with Crippen LogP contribution in [0.15, 0.2) is 34.8 Å². The van der Waals surface area contributed by atoms with Crippen molar-refractivity contribution in [2.75, 3.05) is 12.4 Å². The van der Waals surface area contributed by atoms with E-state index in [1.54, 1.807) is 30.3 Å². The Kier molecular flexibility index (Phi) is 4.94. The van der Waals surface area contributed by atoms with E-state index in [-0.39, 0.29) is 5.75 Å². The minimum Gasteiger partial charge on any atom is -0.503 e. The summed E-state index contributed by atoms with van der Waals surface area (Å²) in [6, 6.07) is 10.7. The van der Waals surface area contributed by atoms with Crippen molar-refractivity contribution >= 4 is 33.2 Å². The van der Waals surface area contributed by atoms with Gasteiger partial charge in [-0.05, 0) is 51.8 Å². The number of nitriles is 1. The number of hydrogen-bond acceptors (Lipinski definition) is 4. The number of hydrogen-bond donors (Lipinski definition) is 2. The van der Waals surface area contributed by atoms with E-state index in [2.05, 4.69) is 21.2 Å². The fraction of sp³-hybridized carbons (Fsp3) is 0.133. The van der Waals surface area contributed by atoms with Crippen LogP contribution in [-0.4, -0.2) is 12.2 Å². The van der Waals surface area contributed by atoms with Crippen molar-refractivity contribution in [2.24, 2.45) is 0 Å². The van der Waals surface area contributed by atoms with Crippen molar-refractivity contribution in [1.82, 2.24) is 0 Å². The highest BCUT2D eigenvalue weighted by Gasteiger charge is 2.08. The third-order valence-electron chi connectivity index (χ3n) is 2.89. The third kappa shape index (κ3) is 3.60. The Balaban J connectivity index is 2.17. The largest absolute Gasteiger partial charge is 0.503 e. The first-order valence-electron chi connectivity index (χ1n) is 6.04. The number of anilines is 1. The first-order chi connectivity index (χ1) is 10.0. The van der Waals surface area contributed by atoms with Gasteiger partial charge >= 0.3 is 0 Å². The number of ether oxygens (including phenoxy) is 1. The van der Waals surface area contributed by atoms with Crippen LogP contribution >= 0.6 is 27.5 Å². The van der Waals surface area contributed by atoms with Crippen LogP contribution in [0.3, 0.4) is 0 Å². The van der Waals surface area contributed by atoms with Crippen molar-refractivity contribution in [1.29, 1.82) is 5.26 Å². The Morgan fingerprint density at radius 1 is 1.38 bits per heavy atom. The average Bonchev–Trinajstić information content (AvgIpc) is 2.49. The highest BCUT2D eigenvalue weighted by Crippen LogP contribution is 2.35. The number of aromatic hydroxyl groups is 1. The van der Waals surface area contributed by atoms with E-state index in [0.717, 1.165) is 11.3 Å². The van der Waals surface area contributed by atoms with Crippen LogP contribution in [0.1, 0.15) is 11.1 Å². The zero-order valence-electron chi connectivity index (χ0n) is 11.2. The summed E-state index contributed by atoms with van der Waals surface area (Å²) >= 11 is 9.17. The summed E-state index contributed by atoms with van der Waals surface area (Å²) in [5.74, 6) is 0.467. The molecule has 21 heavy (non-hydrogen) atoms. The van der Waals surface area contributed by atoms with Gasteiger partial charge in [0.25, 0.3) is 0 Å². The second-order valence-corrected chi connectivity index (χ2v) is 5.55. The van der Waals surface area contributed by atoms with E-state index in [1.807, 2.05) is 6.07 Å². The number of nitrogens with zero attached hydrogens (tertiary/aromatic N) is 1. The standard InChI is InChI=1S/C15H12BrClN2O2/c1-21-14-5-9(4-12(16)15(14)20)8-19-11-2-3-13(17)10(6-11)7-18/h2-6,19-20H,8H2,1H3. The van der Waals surface area contributed by atoms with Crippen LogP contribution in [0.2, 0.25) is 5.02 Å². The maximum atomic E-state index is 9.76. The molecule has 0 aromatic heterocycles. The van der Waals surface area contributed by atoms with Crippen LogP contribution in [0, 0.1) is 11.3 Å². The molecule has 2 aromatic rings. The number of benzene rings is 2. The molecule has 0 aliphatic rings. The second kappa shape index (κ2) is 6.70. The van der Waals surface area contributed by atoms with Gasteiger partial charge in [0, 0.05) is 12.2 Å². The fourth-order valence-electron chi connectivity index (χ4n) is 1.81. The van der Waals surface area contributed by atoms with Gasteiger partial charge in [-0.1, -0.05) is 11.6 Å². The molecule has 2 N–H and O–H groups in total. The van der Waals surface area contributed by atoms with Gasteiger partial charge < -0.3 is 15.2 Å². The first kappa shape index (κ1) is 15.5. The topological polar surface area (TPSA) is 65.3 Å². The normalized spacial score (nSPS) is 10.0. The summed E-state index contributed by atoms with van der Waals surface area (Å²) in [6.07, 6.45) is 0. The van der Waals surface area contributed by atoms with E-state index in [0.29, 0.717) is 27.4 Å². The van der Waals surface area contributed by atoms with Gasteiger partial charge in [0.15, 0.2) is 11.5 Å². The van der Waals surface area contributed by atoms with Crippen LogP contribution in [0.25, 0.3) is 0 Å². The third-order valence-corrected chi connectivity index (χ3v) is 3.83. The molecule has 0 unspecified atom stereocenters. The molecule has 2 aromatic carbocycles. The van der Waals surface area contributed by atoms with Gasteiger partial charge in [0.05, 0.1) is 22.2 Å². The minimum atomic E-state index is 0.0690. The van der Waals surface area contributed by atoms with Gasteiger partial charge in [-0.3, -0.25) is 0 Å². The molecule has 108 valence electrons. The zero-order valence-corrected chi connectivity index (χ0v) is 13.5. The Morgan fingerprint density at radius 3 is 2.81 bits per heavy atom. The van der Waals surface area contributed by atoms with E-state index in [1.165, 1.54) is 7.11 Å². The molecule has 0 aliphatic heterocycles.